The molecule has 0 spiro atoms. The van der Waals surface area contributed by atoms with E-state index in [-0.39, 0.29) is 5.91 Å². The van der Waals surface area contributed by atoms with Crippen LogP contribution in [-0.4, -0.2) is 11.0 Å². The molecule has 22 heavy (non-hydrogen) atoms. The maximum absolute atomic E-state index is 12.2. The van der Waals surface area contributed by atoms with Gasteiger partial charge in [-0.25, -0.2) is 0 Å². The van der Waals surface area contributed by atoms with Crippen molar-refractivity contribution in [2.24, 2.45) is 0 Å². The van der Waals surface area contributed by atoms with E-state index in [1.165, 1.54) is 3.57 Å². The number of halogens is 2. The predicted molar refractivity (Wildman–Crippen MR) is 111 cm³/mol. The first kappa shape index (κ1) is 17.6. The van der Waals surface area contributed by atoms with Crippen molar-refractivity contribution in [3.05, 3.63) is 60.7 Å². The Labute approximate surface area is 162 Å². The SMILES string of the molecule is CCc1cc(I)ccc1NC(=S)NC(=O)c1cccc(I)c1. The zero-order valence-electron chi connectivity index (χ0n) is 11.8. The summed E-state index contributed by atoms with van der Waals surface area (Å²) in [6, 6.07) is 13.5. The van der Waals surface area contributed by atoms with Crippen LogP contribution >= 0.6 is 57.4 Å². The zero-order chi connectivity index (χ0) is 16.1. The van der Waals surface area contributed by atoms with Crippen LogP contribution in [0.4, 0.5) is 5.69 Å². The minimum Gasteiger partial charge on any atom is -0.332 e. The number of anilines is 1. The molecule has 0 radical (unpaired) electrons. The van der Waals surface area contributed by atoms with Crippen LogP contribution in [0.1, 0.15) is 22.8 Å². The average Bonchev–Trinajstić information content (AvgIpc) is 2.49. The first-order chi connectivity index (χ1) is 10.5. The van der Waals surface area contributed by atoms with Gasteiger partial charge in [0.25, 0.3) is 5.91 Å². The topological polar surface area (TPSA) is 41.1 Å². The molecule has 0 aliphatic carbocycles. The largest absolute Gasteiger partial charge is 0.332 e. The fraction of sp³-hybridized carbons (Fsp3) is 0.125. The summed E-state index contributed by atoms with van der Waals surface area (Å²) in [5, 5.41) is 6.12. The second-order valence-electron chi connectivity index (χ2n) is 4.57. The van der Waals surface area contributed by atoms with Crippen LogP contribution in [0.25, 0.3) is 0 Å². The minimum atomic E-state index is -0.209. The summed E-state index contributed by atoms with van der Waals surface area (Å²) in [7, 11) is 0. The molecule has 0 heterocycles. The number of hydrogen-bond donors (Lipinski definition) is 2. The van der Waals surface area contributed by atoms with E-state index in [9.17, 15) is 4.79 Å². The summed E-state index contributed by atoms with van der Waals surface area (Å²) in [6.07, 6.45) is 0.895. The van der Waals surface area contributed by atoms with Crippen molar-refractivity contribution in [2.45, 2.75) is 13.3 Å². The van der Waals surface area contributed by atoms with Gasteiger partial charge in [-0.05, 0) is 106 Å². The Hall–Kier alpha value is -0.740. The molecule has 2 aromatic carbocycles. The fourth-order valence-electron chi connectivity index (χ4n) is 1.94. The van der Waals surface area contributed by atoms with E-state index in [0.29, 0.717) is 10.7 Å². The maximum Gasteiger partial charge on any atom is 0.257 e. The number of thiocarbonyl (C=S) groups is 1. The van der Waals surface area contributed by atoms with Crippen molar-refractivity contribution in [3.8, 4) is 0 Å². The van der Waals surface area contributed by atoms with Gasteiger partial charge in [0.1, 0.15) is 0 Å². The summed E-state index contributed by atoms with van der Waals surface area (Å²) in [5.41, 5.74) is 2.68. The molecular weight excluding hydrogens is 522 g/mol. The quantitative estimate of drug-likeness (QED) is 0.446. The van der Waals surface area contributed by atoms with Crippen molar-refractivity contribution in [3.63, 3.8) is 0 Å². The highest BCUT2D eigenvalue weighted by atomic mass is 127. The van der Waals surface area contributed by atoms with Gasteiger partial charge in [0.15, 0.2) is 5.11 Å². The molecule has 2 aromatic rings. The van der Waals surface area contributed by atoms with E-state index in [0.717, 1.165) is 21.2 Å². The number of carbonyl (C=O) groups excluding carboxylic acids is 1. The molecule has 0 saturated carbocycles. The normalized spacial score (nSPS) is 10.1. The van der Waals surface area contributed by atoms with Gasteiger partial charge in [-0.1, -0.05) is 13.0 Å². The highest BCUT2D eigenvalue weighted by molar-refractivity contribution is 14.1. The summed E-state index contributed by atoms with van der Waals surface area (Å²) in [4.78, 5) is 12.2. The van der Waals surface area contributed by atoms with Crippen LogP contribution in [0.15, 0.2) is 42.5 Å². The van der Waals surface area contributed by atoms with Gasteiger partial charge >= 0.3 is 0 Å². The third-order valence-corrected chi connectivity index (χ3v) is 4.56. The van der Waals surface area contributed by atoms with Crippen LogP contribution in [-0.2, 0) is 6.42 Å². The highest BCUT2D eigenvalue weighted by Crippen LogP contribution is 2.19. The average molecular weight is 536 g/mol. The number of carbonyl (C=O) groups is 1. The Balaban J connectivity index is 2.06. The van der Waals surface area contributed by atoms with Gasteiger partial charge in [0, 0.05) is 18.4 Å². The molecule has 2 N–H and O–H groups in total. The first-order valence-electron chi connectivity index (χ1n) is 6.66. The molecule has 2 rings (SSSR count). The lowest BCUT2D eigenvalue weighted by Gasteiger charge is -2.13. The zero-order valence-corrected chi connectivity index (χ0v) is 17.0. The number of nitrogens with one attached hydrogen (secondary N) is 2. The Morgan fingerprint density at radius 1 is 1.14 bits per heavy atom. The van der Waals surface area contributed by atoms with E-state index in [2.05, 4.69) is 68.8 Å². The standard InChI is InChI=1S/C16H14I2N2OS/c1-2-10-8-13(18)6-7-14(10)19-16(22)20-15(21)11-4-3-5-12(17)9-11/h3-9H,2H2,1H3,(H2,19,20,21,22). The summed E-state index contributed by atoms with van der Waals surface area (Å²) in [6.45, 7) is 2.09. The fourth-order valence-corrected chi connectivity index (χ4v) is 3.24. The minimum absolute atomic E-state index is 0.209. The van der Waals surface area contributed by atoms with Crippen LogP contribution in [0, 0.1) is 7.14 Å². The lowest BCUT2D eigenvalue weighted by Crippen LogP contribution is -2.34. The highest BCUT2D eigenvalue weighted by Gasteiger charge is 2.09. The molecule has 114 valence electrons. The molecule has 0 aromatic heterocycles. The van der Waals surface area contributed by atoms with Crippen LogP contribution < -0.4 is 10.6 Å². The number of aryl methyl sites for hydroxylation is 1. The summed E-state index contributed by atoms with van der Waals surface area (Å²) < 4.78 is 2.18. The molecule has 0 bridgehead atoms. The molecule has 0 aliphatic rings. The third kappa shape index (κ3) is 4.88. The Morgan fingerprint density at radius 3 is 2.55 bits per heavy atom. The number of amides is 1. The molecule has 1 amide bonds. The maximum atomic E-state index is 12.2. The van der Waals surface area contributed by atoms with Gasteiger partial charge in [0.2, 0.25) is 0 Å². The molecule has 0 atom stereocenters. The summed E-state index contributed by atoms with van der Waals surface area (Å²) in [5.74, 6) is -0.209. The first-order valence-corrected chi connectivity index (χ1v) is 9.22. The van der Waals surface area contributed by atoms with Crippen molar-refractivity contribution in [1.29, 1.82) is 0 Å². The predicted octanol–water partition coefficient (Wildman–Crippen LogP) is 4.59. The van der Waals surface area contributed by atoms with Gasteiger partial charge in [-0.15, -0.1) is 0 Å². The van der Waals surface area contributed by atoms with Gasteiger partial charge in [-0.2, -0.15) is 0 Å². The van der Waals surface area contributed by atoms with Gasteiger partial charge < -0.3 is 5.32 Å². The van der Waals surface area contributed by atoms with Crippen molar-refractivity contribution in [2.75, 3.05) is 5.32 Å². The number of rotatable bonds is 3. The number of benzene rings is 2. The van der Waals surface area contributed by atoms with Crippen molar-refractivity contribution >= 4 is 74.1 Å². The lowest BCUT2D eigenvalue weighted by molar-refractivity contribution is 0.0977. The van der Waals surface area contributed by atoms with Crippen molar-refractivity contribution < 1.29 is 4.79 Å². The molecule has 0 fully saturated rings. The molecule has 0 aliphatic heterocycles. The molecule has 0 saturated heterocycles. The van der Waals surface area contributed by atoms with E-state index < -0.39 is 0 Å². The van der Waals surface area contributed by atoms with Crippen molar-refractivity contribution in [1.82, 2.24) is 5.32 Å². The van der Waals surface area contributed by atoms with E-state index in [1.807, 2.05) is 30.3 Å². The monoisotopic (exact) mass is 536 g/mol. The van der Waals surface area contributed by atoms with Crippen LogP contribution in [0.5, 0.6) is 0 Å². The molecule has 3 nitrogen and oxygen atoms in total. The van der Waals surface area contributed by atoms with Gasteiger partial charge in [0.05, 0.1) is 0 Å². The Morgan fingerprint density at radius 2 is 1.86 bits per heavy atom. The van der Waals surface area contributed by atoms with Crippen LogP contribution in [0.3, 0.4) is 0 Å². The smallest absolute Gasteiger partial charge is 0.257 e. The second kappa shape index (κ2) is 8.21. The van der Waals surface area contributed by atoms with E-state index in [1.54, 1.807) is 6.07 Å². The molecule has 6 heteroatoms. The lowest BCUT2D eigenvalue weighted by atomic mass is 10.1. The Bertz CT molecular complexity index is 719. The third-order valence-electron chi connectivity index (χ3n) is 3.01. The molecular formula is C16H14I2N2OS. The van der Waals surface area contributed by atoms with E-state index >= 15 is 0 Å². The van der Waals surface area contributed by atoms with Gasteiger partial charge in [-0.3, -0.25) is 10.1 Å². The molecule has 0 unspecified atom stereocenters. The number of hydrogen-bond acceptors (Lipinski definition) is 2. The summed E-state index contributed by atoms with van der Waals surface area (Å²) >= 11 is 9.69. The van der Waals surface area contributed by atoms with Crippen LogP contribution in [0.2, 0.25) is 0 Å². The second-order valence-corrected chi connectivity index (χ2v) is 7.47. The van der Waals surface area contributed by atoms with E-state index in [4.69, 9.17) is 12.2 Å². The Kier molecular flexibility index (Phi) is 6.57.